The molecule has 2 fully saturated rings. The molecule has 2 N–H and O–H groups in total. The zero-order chi connectivity index (χ0) is 22.1. The topological polar surface area (TPSA) is 55.4 Å². The van der Waals surface area contributed by atoms with Crippen LogP contribution in [0.2, 0.25) is 0 Å². The van der Waals surface area contributed by atoms with E-state index in [1.807, 2.05) is 7.05 Å². The Morgan fingerprint density at radius 1 is 1.06 bits per heavy atom. The van der Waals surface area contributed by atoms with Crippen LogP contribution < -0.4 is 15.5 Å². The van der Waals surface area contributed by atoms with Crippen molar-refractivity contribution in [3.63, 3.8) is 0 Å². The Bertz CT molecular complexity index is 699. The summed E-state index contributed by atoms with van der Waals surface area (Å²) in [6, 6.07) is 8.84. The molecule has 0 unspecified atom stereocenters. The maximum Gasteiger partial charge on any atom is 0.191 e. The number of hydrogen-bond acceptors (Lipinski definition) is 5. The van der Waals surface area contributed by atoms with Crippen molar-refractivity contribution in [2.75, 3.05) is 84.1 Å². The molecule has 182 valence electrons. The number of rotatable bonds is 8. The van der Waals surface area contributed by atoms with E-state index in [0.29, 0.717) is 0 Å². The summed E-state index contributed by atoms with van der Waals surface area (Å²) >= 11 is 0. The first kappa shape index (κ1) is 27.1. The van der Waals surface area contributed by atoms with Gasteiger partial charge in [0.25, 0.3) is 0 Å². The second-order valence-electron chi connectivity index (χ2n) is 9.29. The lowest BCUT2D eigenvalue weighted by Crippen LogP contribution is -2.56. The number of nitrogens with zero attached hydrogens (tertiary/aromatic N) is 4. The molecule has 7 nitrogen and oxygen atoms in total. The van der Waals surface area contributed by atoms with Crippen molar-refractivity contribution < 1.29 is 4.74 Å². The average molecular weight is 559 g/mol. The van der Waals surface area contributed by atoms with Crippen LogP contribution in [0.25, 0.3) is 0 Å². The van der Waals surface area contributed by atoms with Gasteiger partial charge in [0.05, 0.1) is 13.2 Å². The number of aryl methyl sites for hydroxylation is 1. The van der Waals surface area contributed by atoms with Crippen LogP contribution >= 0.6 is 24.0 Å². The van der Waals surface area contributed by atoms with Crippen LogP contribution in [0.5, 0.6) is 0 Å². The average Bonchev–Trinajstić information content (AvgIpc) is 2.79. The Hall–Kier alpha value is -1.10. The van der Waals surface area contributed by atoms with E-state index in [1.54, 1.807) is 0 Å². The molecule has 3 rings (SSSR count). The van der Waals surface area contributed by atoms with E-state index in [2.05, 4.69) is 75.4 Å². The van der Waals surface area contributed by atoms with Crippen molar-refractivity contribution in [1.82, 2.24) is 20.4 Å². The third kappa shape index (κ3) is 8.35. The smallest absolute Gasteiger partial charge is 0.191 e. The molecule has 1 aromatic rings. The lowest BCUT2D eigenvalue weighted by molar-refractivity contribution is -0.00833. The number of piperazine rings is 1. The molecule has 0 radical (unpaired) electrons. The van der Waals surface area contributed by atoms with Gasteiger partial charge in [-0.05, 0) is 51.4 Å². The maximum absolute atomic E-state index is 5.49. The van der Waals surface area contributed by atoms with Gasteiger partial charge in [0.15, 0.2) is 5.96 Å². The van der Waals surface area contributed by atoms with Crippen molar-refractivity contribution in [2.24, 2.45) is 4.99 Å². The number of hydrogen-bond donors (Lipinski definition) is 2. The molecular weight excluding hydrogens is 515 g/mol. The lowest BCUT2D eigenvalue weighted by Gasteiger charge is -2.41. The van der Waals surface area contributed by atoms with E-state index < -0.39 is 0 Å². The van der Waals surface area contributed by atoms with Gasteiger partial charge in [0.2, 0.25) is 0 Å². The molecule has 2 aliphatic heterocycles. The van der Waals surface area contributed by atoms with Crippen LogP contribution in [0, 0.1) is 6.92 Å². The molecule has 2 heterocycles. The summed E-state index contributed by atoms with van der Waals surface area (Å²) in [5.41, 5.74) is 2.77. The number of halogens is 1. The van der Waals surface area contributed by atoms with E-state index in [0.717, 1.165) is 84.5 Å². The van der Waals surface area contributed by atoms with Gasteiger partial charge >= 0.3 is 0 Å². The lowest BCUT2D eigenvalue weighted by atomic mass is 10.0. The van der Waals surface area contributed by atoms with Gasteiger partial charge in [-0.25, -0.2) is 0 Å². The highest BCUT2D eigenvalue weighted by molar-refractivity contribution is 14.0. The van der Waals surface area contributed by atoms with Gasteiger partial charge < -0.3 is 20.3 Å². The minimum absolute atomic E-state index is 0. The standard InChI is InChI=1S/C24H42N6O.HI/c1-21-7-5-8-22(19-21)29-13-11-28(12-14-29)10-6-9-26-23(25-4)27-20-24(2,3)30-15-17-31-18-16-30;/h5,7-8,19H,6,9-18,20H2,1-4H3,(H2,25,26,27);1H. The second-order valence-corrected chi connectivity index (χ2v) is 9.29. The van der Waals surface area contributed by atoms with Crippen molar-refractivity contribution in [3.05, 3.63) is 29.8 Å². The van der Waals surface area contributed by atoms with Crippen molar-refractivity contribution >= 4 is 35.6 Å². The summed E-state index contributed by atoms with van der Waals surface area (Å²) in [5.74, 6) is 0.894. The quantitative estimate of drug-likeness (QED) is 0.221. The first-order valence-corrected chi connectivity index (χ1v) is 11.8. The maximum atomic E-state index is 5.49. The summed E-state index contributed by atoms with van der Waals surface area (Å²) in [6.07, 6.45) is 1.12. The Kier molecular flexibility index (Phi) is 11.5. The molecule has 2 saturated heterocycles. The van der Waals surface area contributed by atoms with Gasteiger partial charge in [-0.2, -0.15) is 0 Å². The molecule has 0 aromatic heterocycles. The summed E-state index contributed by atoms with van der Waals surface area (Å²) in [7, 11) is 1.85. The van der Waals surface area contributed by atoms with Crippen molar-refractivity contribution in [3.8, 4) is 0 Å². The summed E-state index contributed by atoms with van der Waals surface area (Å²) < 4.78 is 5.49. The highest BCUT2D eigenvalue weighted by Crippen LogP contribution is 2.18. The molecule has 0 bridgehead atoms. The number of anilines is 1. The van der Waals surface area contributed by atoms with Crippen molar-refractivity contribution in [2.45, 2.75) is 32.7 Å². The fourth-order valence-electron chi connectivity index (χ4n) is 4.36. The molecule has 8 heteroatoms. The molecule has 2 aliphatic rings. The highest BCUT2D eigenvalue weighted by atomic mass is 127. The van der Waals surface area contributed by atoms with Gasteiger partial charge in [-0.15, -0.1) is 24.0 Å². The van der Waals surface area contributed by atoms with Crippen LogP contribution in [-0.2, 0) is 4.74 Å². The number of nitrogens with one attached hydrogen (secondary N) is 2. The summed E-state index contributed by atoms with van der Waals surface area (Å²) in [6.45, 7) is 17.8. The molecule has 0 aliphatic carbocycles. The molecule has 0 atom stereocenters. The zero-order valence-corrected chi connectivity index (χ0v) is 22.7. The zero-order valence-electron chi connectivity index (χ0n) is 20.4. The van der Waals surface area contributed by atoms with Crippen LogP contribution in [-0.4, -0.2) is 100 Å². The van der Waals surface area contributed by atoms with Crippen LogP contribution in [0.1, 0.15) is 25.8 Å². The summed E-state index contributed by atoms with van der Waals surface area (Å²) in [4.78, 5) is 12.0. The predicted molar refractivity (Wildman–Crippen MR) is 146 cm³/mol. The molecule has 1 aromatic carbocycles. The largest absolute Gasteiger partial charge is 0.379 e. The third-order valence-corrected chi connectivity index (χ3v) is 6.46. The number of ether oxygens (including phenoxy) is 1. The number of benzene rings is 1. The summed E-state index contributed by atoms with van der Waals surface area (Å²) in [5, 5.41) is 6.99. The number of aliphatic imine (C=N–C) groups is 1. The van der Waals surface area contributed by atoms with Crippen LogP contribution in [0.3, 0.4) is 0 Å². The second kappa shape index (κ2) is 13.6. The van der Waals surface area contributed by atoms with E-state index in [-0.39, 0.29) is 29.5 Å². The van der Waals surface area contributed by atoms with Gasteiger partial charge in [0.1, 0.15) is 0 Å². The highest BCUT2D eigenvalue weighted by Gasteiger charge is 2.28. The first-order chi connectivity index (χ1) is 15.0. The van der Waals surface area contributed by atoms with Crippen LogP contribution in [0.15, 0.2) is 29.3 Å². The SMILES string of the molecule is CN=C(NCCCN1CCN(c2cccc(C)c2)CC1)NCC(C)(C)N1CCOCC1.I. The first-order valence-electron chi connectivity index (χ1n) is 11.8. The fourth-order valence-corrected chi connectivity index (χ4v) is 4.36. The Morgan fingerprint density at radius 3 is 2.44 bits per heavy atom. The fraction of sp³-hybridized carbons (Fsp3) is 0.708. The monoisotopic (exact) mass is 558 g/mol. The Balaban J connectivity index is 0.00000363. The Labute approximate surface area is 212 Å². The molecule has 0 amide bonds. The van der Waals surface area contributed by atoms with E-state index >= 15 is 0 Å². The third-order valence-electron chi connectivity index (χ3n) is 6.46. The predicted octanol–water partition coefficient (Wildman–Crippen LogP) is 2.40. The Morgan fingerprint density at radius 2 is 1.78 bits per heavy atom. The minimum Gasteiger partial charge on any atom is -0.379 e. The van der Waals surface area contributed by atoms with E-state index in [1.165, 1.54) is 11.3 Å². The van der Waals surface area contributed by atoms with E-state index in [9.17, 15) is 0 Å². The molecule has 0 saturated carbocycles. The van der Waals surface area contributed by atoms with Crippen molar-refractivity contribution in [1.29, 1.82) is 0 Å². The normalized spacial score (nSPS) is 18.9. The molecule has 32 heavy (non-hydrogen) atoms. The molecule has 0 spiro atoms. The molecular formula is C24H43IN6O. The minimum atomic E-state index is 0. The van der Waals surface area contributed by atoms with E-state index in [4.69, 9.17) is 4.74 Å². The van der Waals surface area contributed by atoms with Gasteiger partial charge in [0, 0.05) is 70.6 Å². The number of morpholine rings is 1. The number of guanidine groups is 1. The van der Waals surface area contributed by atoms with Crippen LogP contribution in [0.4, 0.5) is 5.69 Å². The van der Waals surface area contributed by atoms with Gasteiger partial charge in [-0.1, -0.05) is 12.1 Å². The van der Waals surface area contributed by atoms with Gasteiger partial charge in [-0.3, -0.25) is 14.8 Å².